The van der Waals surface area contributed by atoms with E-state index < -0.39 is 0 Å². The molecular formula is C13H20N2OS. The summed E-state index contributed by atoms with van der Waals surface area (Å²) in [5.74, 6) is 0.579. The Morgan fingerprint density at radius 1 is 1.47 bits per heavy atom. The predicted molar refractivity (Wildman–Crippen MR) is 74.1 cm³/mol. The summed E-state index contributed by atoms with van der Waals surface area (Å²) in [4.78, 5) is 11.0. The number of carbonyl (C=O) groups excluding carboxylic acids is 1. The molecule has 0 aliphatic heterocycles. The lowest BCUT2D eigenvalue weighted by Crippen LogP contribution is -2.11. The van der Waals surface area contributed by atoms with Gasteiger partial charge in [-0.1, -0.05) is 13.0 Å². The van der Waals surface area contributed by atoms with E-state index in [2.05, 4.69) is 6.92 Å². The molecule has 3 nitrogen and oxygen atoms in total. The van der Waals surface area contributed by atoms with Crippen molar-refractivity contribution in [2.75, 3.05) is 6.54 Å². The Balaban J connectivity index is 2.63. The van der Waals surface area contributed by atoms with Crippen LogP contribution in [0.1, 0.15) is 34.8 Å². The van der Waals surface area contributed by atoms with Crippen LogP contribution >= 0.6 is 11.8 Å². The van der Waals surface area contributed by atoms with E-state index in [1.54, 1.807) is 6.07 Å². The zero-order valence-electron chi connectivity index (χ0n) is 10.4. The van der Waals surface area contributed by atoms with E-state index in [4.69, 9.17) is 11.5 Å². The maximum Gasteiger partial charge on any atom is 0.248 e. The first-order valence-electron chi connectivity index (χ1n) is 5.75. The van der Waals surface area contributed by atoms with Gasteiger partial charge in [0, 0.05) is 16.6 Å². The van der Waals surface area contributed by atoms with Crippen molar-refractivity contribution in [3.05, 3.63) is 34.9 Å². The summed E-state index contributed by atoms with van der Waals surface area (Å²) in [5.41, 5.74) is 13.7. The fourth-order valence-corrected chi connectivity index (χ4v) is 2.65. The van der Waals surface area contributed by atoms with Gasteiger partial charge in [0.2, 0.25) is 5.91 Å². The third-order valence-corrected chi connectivity index (χ3v) is 4.01. The molecule has 0 aromatic heterocycles. The van der Waals surface area contributed by atoms with Crippen molar-refractivity contribution in [1.29, 1.82) is 0 Å². The average molecular weight is 252 g/mol. The highest BCUT2D eigenvalue weighted by Crippen LogP contribution is 2.22. The Labute approximate surface area is 107 Å². The highest BCUT2D eigenvalue weighted by atomic mass is 32.2. The predicted octanol–water partition coefficient (Wildman–Crippen LogP) is 2.06. The normalized spacial score (nSPS) is 12.4. The summed E-state index contributed by atoms with van der Waals surface area (Å²) >= 11 is 1.89. The van der Waals surface area contributed by atoms with Crippen molar-refractivity contribution in [2.45, 2.75) is 31.3 Å². The largest absolute Gasteiger partial charge is 0.366 e. The minimum absolute atomic E-state index is 0.371. The number of carbonyl (C=O) groups is 1. The van der Waals surface area contributed by atoms with E-state index in [0.29, 0.717) is 10.8 Å². The fourth-order valence-electron chi connectivity index (χ4n) is 1.56. The molecule has 1 unspecified atom stereocenters. The summed E-state index contributed by atoms with van der Waals surface area (Å²) in [6.45, 7) is 4.92. The second kappa shape index (κ2) is 6.67. The van der Waals surface area contributed by atoms with E-state index in [1.807, 2.05) is 30.8 Å². The summed E-state index contributed by atoms with van der Waals surface area (Å²) in [6.07, 6.45) is 1.03. The van der Waals surface area contributed by atoms with Crippen LogP contribution in [0.5, 0.6) is 0 Å². The number of hydrogen-bond donors (Lipinski definition) is 2. The topological polar surface area (TPSA) is 69.1 Å². The summed E-state index contributed by atoms with van der Waals surface area (Å²) < 4.78 is 0. The van der Waals surface area contributed by atoms with Gasteiger partial charge in [0.1, 0.15) is 0 Å². The van der Waals surface area contributed by atoms with Crippen LogP contribution < -0.4 is 11.5 Å². The van der Waals surface area contributed by atoms with Crippen LogP contribution in [0.15, 0.2) is 18.2 Å². The summed E-state index contributed by atoms with van der Waals surface area (Å²) in [6, 6.07) is 5.63. The van der Waals surface area contributed by atoms with Crippen LogP contribution in [0.4, 0.5) is 0 Å². The lowest BCUT2D eigenvalue weighted by Gasteiger charge is -2.11. The number of primary amides is 1. The third-order valence-electron chi connectivity index (χ3n) is 2.72. The molecule has 0 bridgehead atoms. The number of hydrogen-bond acceptors (Lipinski definition) is 3. The number of amides is 1. The molecule has 0 aliphatic carbocycles. The first kappa shape index (κ1) is 14.1. The van der Waals surface area contributed by atoms with Crippen molar-refractivity contribution in [3.63, 3.8) is 0 Å². The Hall–Kier alpha value is -1.000. The maximum atomic E-state index is 11.0. The van der Waals surface area contributed by atoms with Crippen LogP contribution in [0.3, 0.4) is 0 Å². The molecule has 17 heavy (non-hydrogen) atoms. The van der Waals surface area contributed by atoms with Crippen LogP contribution in [-0.2, 0) is 5.75 Å². The summed E-state index contributed by atoms with van der Waals surface area (Å²) in [5, 5.41) is 0.565. The molecule has 0 heterocycles. The van der Waals surface area contributed by atoms with Gasteiger partial charge >= 0.3 is 0 Å². The fraction of sp³-hybridized carbons (Fsp3) is 0.462. The SMILES string of the molecule is Cc1cc(C(N)=O)ccc1CSC(C)CCN. The lowest BCUT2D eigenvalue weighted by molar-refractivity contribution is 0.1000. The number of nitrogens with two attached hydrogens (primary N) is 2. The molecule has 1 aromatic rings. The molecule has 0 aliphatic rings. The van der Waals surface area contributed by atoms with Gasteiger partial charge in [-0.2, -0.15) is 11.8 Å². The number of rotatable bonds is 6. The van der Waals surface area contributed by atoms with E-state index in [1.165, 1.54) is 5.56 Å². The van der Waals surface area contributed by atoms with Crippen molar-refractivity contribution < 1.29 is 4.79 Å². The van der Waals surface area contributed by atoms with E-state index in [9.17, 15) is 4.79 Å². The Morgan fingerprint density at radius 3 is 2.71 bits per heavy atom. The van der Waals surface area contributed by atoms with Crippen molar-refractivity contribution >= 4 is 17.7 Å². The number of benzene rings is 1. The molecule has 1 aromatic carbocycles. The molecule has 0 radical (unpaired) electrons. The van der Waals surface area contributed by atoms with E-state index in [0.717, 1.165) is 24.3 Å². The monoisotopic (exact) mass is 252 g/mol. The van der Waals surface area contributed by atoms with Crippen LogP contribution in [0.2, 0.25) is 0 Å². The molecule has 0 saturated carbocycles. The third kappa shape index (κ3) is 4.40. The minimum atomic E-state index is -0.371. The highest BCUT2D eigenvalue weighted by Gasteiger charge is 2.06. The Bertz CT molecular complexity index is 393. The standard InChI is InChI=1S/C13H20N2OS/c1-9-7-11(13(15)16)3-4-12(9)8-17-10(2)5-6-14/h3-4,7,10H,5-6,8,14H2,1-2H3,(H2,15,16). The smallest absolute Gasteiger partial charge is 0.248 e. The quantitative estimate of drug-likeness (QED) is 0.814. The zero-order chi connectivity index (χ0) is 12.8. The Kier molecular flexibility index (Phi) is 5.51. The van der Waals surface area contributed by atoms with Crippen molar-refractivity contribution in [3.8, 4) is 0 Å². The minimum Gasteiger partial charge on any atom is -0.366 e. The van der Waals surface area contributed by atoms with Gasteiger partial charge in [0.25, 0.3) is 0 Å². The summed E-state index contributed by atoms with van der Waals surface area (Å²) in [7, 11) is 0. The molecule has 94 valence electrons. The molecule has 1 amide bonds. The van der Waals surface area contributed by atoms with Crippen molar-refractivity contribution in [1.82, 2.24) is 0 Å². The van der Waals surface area contributed by atoms with E-state index in [-0.39, 0.29) is 5.91 Å². The van der Waals surface area contributed by atoms with Crippen LogP contribution in [0, 0.1) is 6.92 Å². The molecular weight excluding hydrogens is 232 g/mol. The first-order valence-corrected chi connectivity index (χ1v) is 6.80. The number of aryl methyl sites for hydroxylation is 1. The maximum absolute atomic E-state index is 11.0. The van der Waals surface area contributed by atoms with Gasteiger partial charge in [-0.3, -0.25) is 4.79 Å². The van der Waals surface area contributed by atoms with E-state index >= 15 is 0 Å². The first-order chi connectivity index (χ1) is 8.04. The lowest BCUT2D eigenvalue weighted by atomic mass is 10.1. The molecule has 1 rings (SSSR count). The molecule has 0 saturated heterocycles. The number of thioether (sulfide) groups is 1. The second-order valence-electron chi connectivity index (χ2n) is 4.20. The highest BCUT2D eigenvalue weighted by molar-refractivity contribution is 7.99. The molecule has 1 atom stereocenters. The average Bonchev–Trinajstić information content (AvgIpc) is 2.27. The van der Waals surface area contributed by atoms with Crippen LogP contribution in [-0.4, -0.2) is 17.7 Å². The molecule has 0 fully saturated rings. The van der Waals surface area contributed by atoms with Gasteiger partial charge in [-0.05, 0) is 43.1 Å². The van der Waals surface area contributed by atoms with Crippen LogP contribution in [0.25, 0.3) is 0 Å². The molecule has 4 N–H and O–H groups in total. The second-order valence-corrected chi connectivity index (χ2v) is 5.63. The molecule has 4 heteroatoms. The van der Waals surface area contributed by atoms with Gasteiger partial charge in [0.05, 0.1) is 0 Å². The van der Waals surface area contributed by atoms with Gasteiger partial charge in [-0.25, -0.2) is 0 Å². The van der Waals surface area contributed by atoms with Crippen molar-refractivity contribution in [2.24, 2.45) is 11.5 Å². The van der Waals surface area contributed by atoms with Gasteiger partial charge in [0.15, 0.2) is 0 Å². The molecule has 0 spiro atoms. The van der Waals surface area contributed by atoms with Gasteiger partial charge < -0.3 is 11.5 Å². The zero-order valence-corrected chi connectivity index (χ0v) is 11.2. The Morgan fingerprint density at radius 2 is 2.18 bits per heavy atom. The van der Waals surface area contributed by atoms with Gasteiger partial charge in [-0.15, -0.1) is 0 Å².